The molecule has 1 heterocycles. The highest BCUT2D eigenvalue weighted by Crippen LogP contribution is 2.11. The van der Waals surface area contributed by atoms with Gasteiger partial charge in [0.25, 0.3) is 0 Å². The van der Waals surface area contributed by atoms with Crippen molar-refractivity contribution in [3.8, 4) is 0 Å². The predicted molar refractivity (Wildman–Crippen MR) is 69.3 cm³/mol. The third-order valence-corrected chi connectivity index (χ3v) is 4.56. The molecule has 0 aliphatic carbocycles. The number of amides is 1. The third-order valence-electron chi connectivity index (χ3n) is 3.08. The Morgan fingerprint density at radius 3 is 2.63 bits per heavy atom. The van der Waals surface area contributed by atoms with E-state index in [-0.39, 0.29) is 13.2 Å². The van der Waals surface area contributed by atoms with E-state index < -0.39 is 33.0 Å². The second kappa shape index (κ2) is 6.33. The van der Waals surface area contributed by atoms with Crippen LogP contribution in [0.2, 0.25) is 0 Å². The lowest BCUT2D eigenvalue weighted by atomic mass is 10.2. The van der Waals surface area contributed by atoms with Crippen LogP contribution < -0.4 is 5.32 Å². The van der Waals surface area contributed by atoms with Crippen molar-refractivity contribution < 1.29 is 22.7 Å². The van der Waals surface area contributed by atoms with Crippen LogP contribution in [0.5, 0.6) is 0 Å². The smallest absolute Gasteiger partial charge is 0.330 e. The topological polar surface area (TPSA) is 92.8 Å². The number of piperazine rings is 1. The van der Waals surface area contributed by atoms with Crippen LogP contribution in [0.4, 0.5) is 0 Å². The number of nitrogens with zero attached hydrogens (tertiary/aromatic N) is 1. The van der Waals surface area contributed by atoms with Crippen molar-refractivity contribution in [3.05, 3.63) is 0 Å². The van der Waals surface area contributed by atoms with Gasteiger partial charge in [0.1, 0.15) is 11.3 Å². The van der Waals surface area contributed by atoms with Crippen molar-refractivity contribution >= 4 is 21.7 Å². The Balaban J connectivity index is 2.88. The lowest BCUT2D eigenvalue weighted by Gasteiger charge is -2.35. The van der Waals surface area contributed by atoms with Crippen LogP contribution in [0, 0.1) is 0 Å². The number of esters is 1. The number of hydrogen-bond donors (Lipinski definition) is 1. The minimum atomic E-state index is -3.48. The van der Waals surface area contributed by atoms with Crippen molar-refractivity contribution in [3.63, 3.8) is 0 Å². The van der Waals surface area contributed by atoms with Crippen molar-refractivity contribution in [1.82, 2.24) is 10.2 Å². The van der Waals surface area contributed by atoms with Gasteiger partial charge in [0.2, 0.25) is 5.91 Å². The molecule has 0 aromatic carbocycles. The highest BCUT2D eigenvalue weighted by molar-refractivity contribution is 7.92. The summed E-state index contributed by atoms with van der Waals surface area (Å²) in [6.45, 7) is 4.34. The Labute approximate surface area is 113 Å². The first-order chi connectivity index (χ1) is 8.79. The molecule has 1 fully saturated rings. The van der Waals surface area contributed by atoms with Gasteiger partial charge in [-0.3, -0.25) is 4.79 Å². The summed E-state index contributed by atoms with van der Waals surface area (Å²) in [5.74, 6) is -1.06. The normalized spacial score (nSPS) is 21.8. The summed E-state index contributed by atoms with van der Waals surface area (Å²) in [6.07, 6.45) is 1.01. The Bertz CT molecular complexity index is 448. The second-order valence-electron chi connectivity index (χ2n) is 4.48. The first-order valence-corrected chi connectivity index (χ1v) is 8.11. The molecule has 8 heteroatoms. The van der Waals surface area contributed by atoms with E-state index in [1.165, 1.54) is 11.8 Å². The number of rotatable bonds is 4. The van der Waals surface area contributed by atoms with Crippen LogP contribution in [0.15, 0.2) is 0 Å². The molecule has 1 N–H and O–H groups in total. The van der Waals surface area contributed by atoms with E-state index in [9.17, 15) is 18.0 Å². The SMILES string of the molecule is CCOC(=O)C1CNCCN1C(=O)C(C)S(C)(=O)=O. The van der Waals surface area contributed by atoms with Crippen LogP contribution in [0.3, 0.4) is 0 Å². The summed E-state index contributed by atoms with van der Waals surface area (Å²) in [7, 11) is -3.48. The van der Waals surface area contributed by atoms with Gasteiger partial charge in [0.05, 0.1) is 6.61 Å². The molecule has 0 bridgehead atoms. The lowest BCUT2D eigenvalue weighted by Crippen LogP contribution is -2.59. The van der Waals surface area contributed by atoms with E-state index in [2.05, 4.69) is 5.32 Å². The van der Waals surface area contributed by atoms with Crippen molar-refractivity contribution in [2.45, 2.75) is 25.1 Å². The van der Waals surface area contributed by atoms with Gasteiger partial charge in [0.15, 0.2) is 9.84 Å². The lowest BCUT2D eigenvalue weighted by molar-refractivity contribution is -0.155. The second-order valence-corrected chi connectivity index (χ2v) is 6.84. The van der Waals surface area contributed by atoms with Gasteiger partial charge in [-0.1, -0.05) is 0 Å². The van der Waals surface area contributed by atoms with Gasteiger partial charge in [0, 0.05) is 25.9 Å². The standard InChI is InChI=1S/C11H20N2O5S/c1-4-18-11(15)9-7-12-5-6-13(9)10(14)8(2)19(3,16)17/h8-9,12H,4-7H2,1-3H3. The maximum absolute atomic E-state index is 12.2. The number of nitrogens with one attached hydrogen (secondary N) is 1. The molecule has 2 atom stereocenters. The molecule has 1 rings (SSSR count). The van der Waals surface area contributed by atoms with Crippen molar-refractivity contribution in [1.29, 1.82) is 0 Å². The highest BCUT2D eigenvalue weighted by atomic mass is 32.2. The molecule has 1 aliphatic rings. The summed E-state index contributed by atoms with van der Waals surface area (Å²) in [6, 6.07) is -0.759. The minimum absolute atomic E-state index is 0.221. The number of ether oxygens (including phenoxy) is 1. The molecule has 1 saturated heterocycles. The van der Waals surface area contributed by atoms with Gasteiger partial charge in [-0.25, -0.2) is 13.2 Å². The Kier molecular flexibility index (Phi) is 5.30. The average molecular weight is 292 g/mol. The fourth-order valence-corrected chi connectivity index (χ4v) is 2.34. The zero-order valence-electron chi connectivity index (χ0n) is 11.4. The molecule has 1 aliphatic heterocycles. The van der Waals surface area contributed by atoms with E-state index >= 15 is 0 Å². The Morgan fingerprint density at radius 2 is 2.11 bits per heavy atom. The average Bonchev–Trinajstić information content (AvgIpc) is 2.36. The summed E-state index contributed by atoms with van der Waals surface area (Å²) in [5.41, 5.74) is 0. The first-order valence-electron chi connectivity index (χ1n) is 6.15. The number of sulfone groups is 1. The fraction of sp³-hybridized carbons (Fsp3) is 0.818. The molecule has 110 valence electrons. The quantitative estimate of drug-likeness (QED) is 0.653. The number of hydrogen-bond acceptors (Lipinski definition) is 6. The zero-order chi connectivity index (χ0) is 14.6. The molecule has 0 saturated carbocycles. The molecule has 7 nitrogen and oxygen atoms in total. The highest BCUT2D eigenvalue weighted by Gasteiger charge is 2.37. The molecular weight excluding hydrogens is 272 g/mol. The van der Waals surface area contributed by atoms with Crippen LogP contribution in [-0.2, 0) is 24.2 Å². The zero-order valence-corrected chi connectivity index (χ0v) is 12.2. The predicted octanol–water partition coefficient (Wildman–Crippen LogP) is -1.22. The molecule has 2 unspecified atom stereocenters. The van der Waals surface area contributed by atoms with Crippen molar-refractivity contribution in [2.24, 2.45) is 0 Å². The molecular formula is C11H20N2O5S. The Morgan fingerprint density at radius 1 is 1.47 bits per heavy atom. The van der Waals surface area contributed by atoms with E-state index in [1.807, 2.05) is 0 Å². The van der Waals surface area contributed by atoms with E-state index in [0.717, 1.165) is 6.26 Å². The molecule has 1 amide bonds. The number of carbonyl (C=O) groups is 2. The maximum atomic E-state index is 12.2. The molecule has 0 aromatic rings. The monoisotopic (exact) mass is 292 g/mol. The van der Waals surface area contributed by atoms with Gasteiger partial charge in [-0.2, -0.15) is 0 Å². The van der Waals surface area contributed by atoms with Gasteiger partial charge < -0.3 is 15.0 Å². The summed E-state index contributed by atoms with van der Waals surface area (Å²) >= 11 is 0. The van der Waals surface area contributed by atoms with Gasteiger partial charge in [-0.15, -0.1) is 0 Å². The third kappa shape index (κ3) is 3.90. The van der Waals surface area contributed by atoms with E-state index in [0.29, 0.717) is 13.1 Å². The summed E-state index contributed by atoms with van der Waals surface area (Å²) in [4.78, 5) is 25.2. The number of carbonyl (C=O) groups excluding carboxylic acids is 2. The van der Waals surface area contributed by atoms with E-state index in [4.69, 9.17) is 4.74 Å². The summed E-state index contributed by atoms with van der Waals surface area (Å²) < 4.78 is 27.8. The van der Waals surface area contributed by atoms with Crippen molar-refractivity contribution in [2.75, 3.05) is 32.5 Å². The molecule has 0 aromatic heterocycles. The van der Waals surface area contributed by atoms with Crippen LogP contribution in [-0.4, -0.2) is 69.0 Å². The molecule has 0 radical (unpaired) electrons. The van der Waals surface area contributed by atoms with Crippen LogP contribution in [0.25, 0.3) is 0 Å². The largest absolute Gasteiger partial charge is 0.464 e. The van der Waals surface area contributed by atoms with Gasteiger partial charge in [-0.05, 0) is 13.8 Å². The fourth-order valence-electron chi connectivity index (χ4n) is 1.83. The Hall–Kier alpha value is -1.15. The summed E-state index contributed by atoms with van der Waals surface area (Å²) in [5, 5.41) is 1.84. The van der Waals surface area contributed by atoms with Gasteiger partial charge >= 0.3 is 5.97 Å². The molecule has 19 heavy (non-hydrogen) atoms. The first kappa shape index (κ1) is 15.9. The van der Waals surface area contributed by atoms with Crippen LogP contribution in [0.1, 0.15) is 13.8 Å². The van der Waals surface area contributed by atoms with Crippen LogP contribution >= 0.6 is 0 Å². The minimum Gasteiger partial charge on any atom is -0.464 e. The maximum Gasteiger partial charge on any atom is 0.330 e. The molecule has 0 spiro atoms. The van der Waals surface area contributed by atoms with E-state index in [1.54, 1.807) is 6.92 Å².